The molecule has 0 unspecified atom stereocenters. The Bertz CT molecular complexity index is 822. The van der Waals surface area contributed by atoms with Gasteiger partial charge in [0.15, 0.2) is 0 Å². The normalized spacial score (nSPS) is 17.1. The summed E-state index contributed by atoms with van der Waals surface area (Å²) in [5.74, 6) is 1.48. The first-order valence-corrected chi connectivity index (χ1v) is 10.5. The minimum Gasteiger partial charge on any atom is -0.424 e. The molecule has 26 heavy (non-hydrogen) atoms. The summed E-state index contributed by atoms with van der Waals surface area (Å²) in [4.78, 5) is 2.15. The third-order valence-electron chi connectivity index (χ3n) is 4.53. The SMILES string of the molecule is Cc1ccc(CS(=O)(=O)N2CCN(Cc3nnc(C(C)C)o3)CC2)cc1. The highest BCUT2D eigenvalue weighted by atomic mass is 32.2. The van der Waals surface area contributed by atoms with E-state index in [0.29, 0.717) is 44.5 Å². The van der Waals surface area contributed by atoms with Crippen molar-refractivity contribution < 1.29 is 12.8 Å². The minimum atomic E-state index is -3.30. The lowest BCUT2D eigenvalue weighted by atomic mass is 10.2. The summed E-state index contributed by atoms with van der Waals surface area (Å²) in [6.07, 6.45) is 0. The van der Waals surface area contributed by atoms with Gasteiger partial charge in [0.05, 0.1) is 12.3 Å². The number of aromatic nitrogens is 2. The van der Waals surface area contributed by atoms with Gasteiger partial charge in [-0.15, -0.1) is 10.2 Å². The summed E-state index contributed by atoms with van der Waals surface area (Å²) >= 11 is 0. The van der Waals surface area contributed by atoms with Gasteiger partial charge in [0, 0.05) is 32.1 Å². The summed E-state index contributed by atoms with van der Waals surface area (Å²) in [5.41, 5.74) is 1.95. The molecular formula is C18H26N4O3S. The Morgan fingerprint density at radius 1 is 1.08 bits per heavy atom. The lowest BCUT2D eigenvalue weighted by Gasteiger charge is -2.33. The Hall–Kier alpha value is -1.77. The molecule has 0 aliphatic carbocycles. The van der Waals surface area contributed by atoms with Gasteiger partial charge in [-0.25, -0.2) is 8.42 Å². The topological polar surface area (TPSA) is 79.5 Å². The molecule has 0 amide bonds. The molecule has 0 N–H and O–H groups in total. The maximum Gasteiger partial charge on any atom is 0.230 e. The van der Waals surface area contributed by atoms with Crippen molar-refractivity contribution in [3.8, 4) is 0 Å². The van der Waals surface area contributed by atoms with E-state index in [-0.39, 0.29) is 11.7 Å². The molecular weight excluding hydrogens is 352 g/mol. The van der Waals surface area contributed by atoms with Crippen LogP contribution in [0.2, 0.25) is 0 Å². The number of sulfonamides is 1. The van der Waals surface area contributed by atoms with Gasteiger partial charge in [-0.1, -0.05) is 43.7 Å². The van der Waals surface area contributed by atoms with Gasteiger partial charge < -0.3 is 4.42 Å². The minimum absolute atomic E-state index is 0.0503. The van der Waals surface area contributed by atoms with Crippen LogP contribution < -0.4 is 0 Å². The molecule has 2 heterocycles. The maximum absolute atomic E-state index is 12.6. The molecule has 2 aromatic rings. The fourth-order valence-corrected chi connectivity index (χ4v) is 4.42. The van der Waals surface area contributed by atoms with Gasteiger partial charge >= 0.3 is 0 Å². The molecule has 0 radical (unpaired) electrons. The van der Waals surface area contributed by atoms with Crippen LogP contribution in [-0.4, -0.2) is 54.0 Å². The largest absolute Gasteiger partial charge is 0.424 e. The van der Waals surface area contributed by atoms with Crippen LogP contribution in [0.15, 0.2) is 28.7 Å². The first-order chi connectivity index (χ1) is 12.3. The van der Waals surface area contributed by atoms with Crippen LogP contribution in [-0.2, 0) is 22.3 Å². The lowest BCUT2D eigenvalue weighted by Crippen LogP contribution is -2.48. The van der Waals surface area contributed by atoms with Crippen molar-refractivity contribution in [1.82, 2.24) is 19.4 Å². The summed E-state index contributed by atoms with van der Waals surface area (Å²) in [7, 11) is -3.30. The molecule has 1 saturated heterocycles. The monoisotopic (exact) mass is 378 g/mol. The molecule has 1 fully saturated rings. The van der Waals surface area contributed by atoms with E-state index in [4.69, 9.17) is 4.42 Å². The zero-order chi connectivity index (χ0) is 18.7. The van der Waals surface area contributed by atoms with Gasteiger partial charge in [0.25, 0.3) is 0 Å². The van der Waals surface area contributed by atoms with E-state index in [1.54, 1.807) is 4.31 Å². The second-order valence-electron chi connectivity index (χ2n) is 7.11. The molecule has 7 nitrogen and oxygen atoms in total. The molecule has 0 saturated carbocycles. The van der Waals surface area contributed by atoms with E-state index >= 15 is 0 Å². The number of hydrogen-bond donors (Lipinski definition) is 0. The first kappa shape index (κ1) is 19.0. The summed E-state index contributed by atoms with van der Waals surface area (Å²) in [5, 5.41) is 8.11. The van der Waals surface area contributed by atoms with Gasteiger partial charge in [-0.05, 0) is 12.5 Å². The van der Waals surface area contributed by atoms with Crippen molar-refractivity contribution in [2.45, 2.75) is 39.0 Å². The highest BCUT2D eigenvalue weighted by Gasteiger charge is 2.27. The fraction of sp³-hybridized carbons (Fsp3) is 0.556. The smallest absolute Gasteiger partial charge is 0.230 e. The predicted molar refractivity (Wildman–Crippen MR) is 99.0 cm³/mol. The average Bonchev–Trinajstić information content (AvgIpc) is 3.06. The number of rotatable bonds is 6. The molecule has 3 rings (SSSR count). The van der Waals surface area contributed by atoms with Crippen LogP contribution in [0.3, 0.4) is 0 Å². The second-order valence-corrected chi connectivity index (χ2v) is 9.07. The number of piperazine rings is 1. The Balaban J connectivity index is 1.54. The Labute approximate surface area is 155 Å². The quantitative estimate of drug-likeness (QED) is 0.766. The molecule has 0 atom stereocenters. The Morgan fingerprint density at radius 2 is 1.73 bits per heavy atom. The zero-order valence-corrected chi connectivity index (χ0v) is 16.4. The van der Waals surface area contributed by atoms with Crippen LogP contribution in [0, 0.1) is 6.92 Å². The van der Waals surface area contributed by atoms with Crippen LogP contribution in [0.4, 0.5) is 0 Å². The lowest BCUT2D eigenvalue weighted by molar-refractivity contribution is 0.167. The third kappa shape index (κ3) is 4.69. The summed E-state index contributed by atoms with van der Waals surface area (Å²) in [6.45, 7) is 8.86. The molecule has 1 aromatic carbocycles. The fourth-order valence-electron chi connectivity index (χ4n) is 2.91. The van der Waals surface area contributed by atoms with Gasteiger partial charge in [-0.3, -0.25) is 4.90 Å². The van der Waals surface area contributed by atoms with E-state index < -0.39 is 10.0 Å². The van der Waals surface area contributed by atoms with Crippen molar-refractivity contribution in [3.63, 3.8) is 0 Å². The van der Waals surface area contributed by atoms with Gasteiger partial charge in [0.2, 0.25) is 21.8 Å². The van der Waals surface area contributed by atoms with Crippen molar-refractivity contribution in [1.29, 1.82) is 0 Å². The second kappa shape index (κ2) is 7.85. The molecule has 8 heteroatoms. The van der Waals surface area contributed by atoms with E-state index in [1.165, 1.54) is 0 Å². The molecule has 1 aliphatic heterocycles. The number of aryl methyl sites for hydroxylation is 1. The van der Waals surface area contributed by atoms with E-state index in [0.717, 1.165) is 11.1 Å². The van der Waals surface area contributed by atoms with E-state index in [9.17, 15) is 8.42 Å². The van der Waals surface area contributed by atoms with E-state index in [1.807, 2.05) is 45.0 Å². The van der Waals surface area contributed by atoms with Gasteiger partial charge in [0.1, 0.15) is 0 Å². The highest BCUT2D eigenvalue weighted by Crippen LogP contribution is 2.17. The van der Waals surface area contributed by atoms with Crippen LogP contribution in [0.1, 0.15) is 42.7 Å². The molecule has 142 valence electrons. The number of nitrogens with zero attached hydrogens (tertiary/aromatic N) is 4. The third-order valence-corrected chi connectivity index (χ3v) is 6.38. The van der Waals surface area contributed by atoms with Crippen molar-refractivity contribution >= 4 is 10.0 Å². The van der Waals surface area contributed by atoms with Crippen LogP contribution in [0.25, 0.3) is 0 Å². The maximum atomic E-state index is 12.6. The summed E-state index contributed by atoms with van der Waals surface area (Å²) in [6, 6.07) is 7.65. The standard InChI is InChI=1S/C18H26N4O3S/c1-14(2)18-20-19-17(25-18)12-21-8-10-22(11-9-21)26(23,24)13-16-6-4-15(3)5-7-16/h4-7,14H,8-13H2,1-3H3. The molecule has 1 aliphatic rings. The number of hydrogen-bond acceptors (Lipinski definition) is 6. The van der Waals surface area contributed by atoms with Crippen molar-refractivity contribution in [2.24, 2.45) is 0 Å². The molecule has 0 spiro atoms. The molecule has 0 bridgehead atoms. The van der Waals surface area contributed by atoms with Crippen LogP contribution >= 0.6 is 0 Å². The zero-order valence-electron chi connectivity index (χ0n) is 15.6. The number of benzene rings is 1. The van der Waals surface area contributed by atoms with E-state index in [2.05, 4.69) is 15.1 Å². The van der Waals surface area contributed by atoms with Crippen molar-refractivity contribution in [3.05, 3.63) is 47.2 Å². The highest BCUT2D eigenvalue weighted by molar-refractivity contribution is 7.88. The summed E-state index contributed by atoms with van der Waals surface area (Å²) < 4.78 is 32.5. The Kier molecular flexibility index (Phi) is 5.74. The molecule has 1 aromatic heterocycles. The predicted octanol–water partition coefficient (Wildman–Crippen LogP) is 2.15. The van der Waals surface area contributed by atoms with Crippen molar-refractivity contribution in [2.75, 3.05) is 26.2 Å². The average molecular weight is 378 g/mol. The van der Waals surface area contributed by atoms with Crippen LogP contribution in [0.5, 0.6) is 0 Å². The first-order valence-electron chi connectivity index (χ1n) is 8.91. The Morgan fingerprint density at radius 3 is 2.31 bits per heavy atom. The van der Waals surface area contributed by atoms with Gasteiger partial charge in [-0.2, -0.15) is 4.31 Å².